The van der Waals surface area contributed by atoms with E-state index in [9.17, 15) is 18.0 Å². The molecule has 0 atom stereocenters. The van der Waals surface area contributed by atoms with Gasteiger partial charge in [-0.3, -0.25) is 4.79 Å². The van der Waals surface area contributed by atoms with Gasteiger partial charge in [0.15, 0.2) is 17.3 Å². The van der Waals surface area contributed by atoms with Crippen LogP contribution in [0.3, 0.4) is 0 Å². The molecule has 4 rings (SSSR count). The van der Waals surface area contributed by atoms with Crippen molar-refractivity contribution < 1.29 is 27.4 Å². The van der Waals surface area contributed by atoms with Crippen molar-refractivity contribution in [3.05, 3.63) is 64.9 Å². The number of hydrogen-bond acceptors (Lipinski definition) is 5. The van der Waals surface area contributed by atoms with E-state index in [1.54, 1.807) is 0 Å². The van der Waals surface area contributed by atoms with Gasteiger partial charge < -0.3 is 20.1 Å². The summed E-state index contributed by atoms with van der Waals surface area (Å²) in [6, 6.07) is 10.2. The normalized spacial score (nSPS) is 17.2. The van der Waals surface area contributed by atoms with Crippen LogP contribution in [-0.4, -0.2) is 17.6 Å². The minimum atomic E-state index is -4.42. The summed E-state index contributed by atoms with van der Waals surface area (Å²) >= 11 is 5.50. The molecule has 5 nitrogen and oxygen atoms in total. The molecule has 0 amide bonds. The Morgan fingerprint density at radius 3 is 2.45 bits per heavy atom. The van der Waals surface area contributed by atoms with Crippen LogP contribution in [-0.2, 0) is 17.5 Å². The predicted molar refractivity (Wildman–Crippen MR) is 122 cm³/mol. The Bertz CT molecular complexity index is 1120. The summed E-state index contributed by atoms with van der Waals surface area (Å²) < 4.78 is 49.2. The lowest BCUT2D eigenvalue weighted by molar-refractivity contribution is -0.137. The van der Waals surface area contributed by atoms with Gasteiger partial charge in [-0.25, -0.2) is 0 Å². The summed E-state index contributed by atoms with van der Waals surface area (Å²) in [4.78, 5) is 13.2. The number of halogens is 3. The molecule has 0 bridgehead atoms. The maximum atomic E-state index is 13.0. The number of ether oxygens (including phenoxy) is 2. The van der Waals surface area contributed by atoms with Crippen molar-refractivity contribution in [2.45, 2.75) is 39.4 Å². The second-order valence-corrected chi connectivity index (χ2v) is 9.27. The first kappa shape index (κ1) is 23.1. The zero-order valence-electron chi connectivity index (χ0n) is 18.1. The zero-order chi connectivity index (χ0) is 23.8. The Balaban J connectivity index is 1.55. The number of thiocarbonyl (C=S) groups is 1. The summed E-state index contributed by atoms with van der Waals surface area (Å²) in [6.45, 7) is 4.66. The van der Waals surface area contributed by atoms with Crippen molar-refractivity contribution >= 4 is 28.7 Å². The maximum absolute atomic E-state index is 13.0. The third-order valence-electron chi connectivity index (χ3n) is 5.52. The number of fused-ring (bicyclic) bond motifs is 1. The number of anilines is 1. The number of allylic oxidation sites excluding steroid dienone is 1. The largest absolute Gasteiger partial charge is 0.454 e. The Morgan fingerprint density at radius 2 is 1.76 bits per heavy atom. The number of hydrogen-bond donors (Lipinski definition) is 2. The first-order valence-corrected chi connectivity index (χ1v) is 10.8. The predicted octanol–water partition coefficient (Wildman–Crippen LogP) is 5.61. The lowest BCUT2D eigenvalue weighted by Gasteiger charge is -2.33. The molecular formula is C24H23F3N2O3S. The molecule has 9 heteroatoms. The molecule has 0 spiro atoms. The Kier molecular flexibility index (Phi) is 6.09. The second kappa shape index (κ2) is 8.70. The molecule has 2 aromatic carbocycles. The average Bonchev–Trinajstić information content (AvgIpc) is 3.18. The lowest BCUT2D eigenvalue weighted by Crippen LogP contribution is -2.35. The van der Waals surface area contributed by atoms with Gasteiger partial charge in [-0.1, -0.05) is 32.1 Å². The molecule has 0 aromatic heterocycles. The third kappa shape index (κ3) is 5.30. The lowest BCUT2D eigenvalue weighted by atomic mass is 9.75. The van der Waals surface area contributed by atoms with E-state index < -0.39 is 11.7 Å². The molecule has 0 saturated carbocycles. The molecular weight excluding hydrogens is 453 g/mol. The highest BCUT2D eigenvalue weighted by atomic mass is 32.1. The summed E-state index contributed by atoms with van der Waals surface area (Å²) in [5, 5.41) is 6.27. The number of alkyl halides is 3. The fourth-order valence-corrected chi connectivity index (χ4v) is 4.29. The Labute approximate surface area is 195 Å². The standard InChI is InChI=1S/C24H23F3N2O3S/c1-23(2)10-17(28-12-14-3-8-19-20(9-14)32-13-31-19)21(18(30)11-23)22(33)29-16-6-4-15(5-7-16)24(25,26)27/h3-9,28H,10-13H2,1-2H3,(H,29,33). The smallest absolute Gasteiger partial charge is 0.416 e. The van der Waals surface area contributed by atoms with Gasteiger partial charge in [0.1, 0.15) is 4.99 Å². The monoisotopic (exact) mass is 476 g/mol. The molecule has 1 heterocycles. The number of benzene rings is 2. The third-order valence-corrected chi connectivity index (χ3v) is 5.82. The van der Waals surface area contributed by atoms with E-state index in [0.717, 1.165) is 17.7 Å². The van der Waals surface area contributed by atoms with Gasteiger partial charge in [0.25, 0.3) is 0 Å². The number of carbonyl (C=O) groups excluding carboxylic acids is 1. The molecule has 0 unspecified atom stereocenters. The number of ketones is 1. The second-order valence-electron chi connectivity index (χ2n) is 8.86. The summed E-state index contributed by atoms with van der Waals surface area (Å²) in [5.41, 5.74) is 1.40. The molecule has 1 aliphatic carbocycles. The summed E-state index contributed by atoms with van der Waals surface area (Å²) in [6.07, 6.45) is -3.49. The van der Waals surface area contributed by atoms with E-state index in [-0.39, 0.29) is 23.0 Å². The van der Waals surface area contributed by atoms with Crippen LogP contribution < -0.4 is 20.1 Å². The summed E-state index contributed by atoms with van der Waals surface area (Å²) in [7, 11) is 0. The SMILES string of the molecule is CC1(C)CC(=O)C(C(=S)Nc2ccc(C(F)(F)F)cc2)=C(NCc2ccc3c(c2)OCO3)C1. The molecule has 174 valence electrons. The molecule has 0 saturated heterocycles. The van der Waals surface area contributed by atoms with E-state index in [4.69, 9.17) is 21.7 Å². The molecule has 2 N–H and O–H groups in total. The van der Waals surface area contributed by atoms with E-state index in [1.807, 2.05) is 32.0 Å². The van der Waals surface area contributed by atoms with Crippen LogP contribution in [0, 0.1) is 5.41 Å². The van der Waals surface area contributed by atoms with Crippen LogP contribution in [0.25, 0.3) is 0 Å². The first-order valence-electron chi connectivity index (χ1n) is 10.4. The van der Waals surface area contributed by atoms with Gasteiger partial charge in [0.2, 0.25) is 6.79 Å². The molecule has 2 aromatic rings. The number of carbonyl (C=O) groups is 1. The minimum absolute atomic E-state index is 0.108. The van der Waals surface area contributed by atoms with Crippen LogP contribution >= 0.6 is 12.2 Å². The van der Waals surface area contributed by atoms with Crippen molar-refractivity contribution in [2.24, 2.45) is 5.41 Å². The fraction of sp³-hybridized carbons (Fsp3) is 0.333. The quantitative estimate of drug-likeness (QED) is 0.548. The number of Topliss-reactive ketones (excluding diaryl/α,β-unsaturated/α-hetero) is 1. The van der Waals surface area contributed by atoms with Crippen LogP contribution in [0.4, 0.5) is 18.9 Å². The van der Waals surface area contributed by atoms with E-state index >= 15 is 0 Å². The molecule has 1 aliphatic heterocycles. The molecule has 0 fully saturated rings. The highest BCUT2D eigenvalue weighted by Crippen LogP contribution is 2.37. The van der Waals surface area contributed by atoms with Gasteiger partial charge in [-0.15, -0.1) is 0 Å². The Hall–Kier alpha value is -3.07. The minimum Gasteiger partial charge on any atom is -0.454 e. The fourth-order valence-electron chi connectivity index (χ4n) is 3.93. The molecule has 33 heavy (non-hydrogen) atoms. The van der Waals surface area contributed by atoms with Gasteiger partial charge in [-0.2, -0.15) is 13.2 Å². The van der Waals surface area contributed by atoms with E-state index in [1.165, 1.54) is 12.1 Å². The van der Waals surface area contributed by atoms with Gasteiger partial charge in [-0.05, 0) is 53.8 Å². The summed E-state index contributed by atoms with van der Waals surface area (Å²) in [5.74, 6) is 1.25. The van der Waals surface area contributed by atoms with Crippen molar-refractivity contribution in [1.82, 2.24) is 5.32 Å². The zero-order valence-corrected chi connectivity index (χ0v) is 19.0. The topological polar surface area (TPSA) is 59.6 Å². The average molecular weight is 477 g/mol. The van der Waals surface area contributed by atoms with E-state index in [0.29, 0.717) is 47.8 Å². The van der Waals surface area contributed by atoms with Crippen LogP contribution in [0.15, 0.2) is 53.7 Å². The van der Waals surface area contributed by atoms with Crippen molar-refractivity contribution in [3.8, 4) is 11.5 Å². The van der Waals surface area contributed by atoms with Gasteiger partial charge in [0, 0.05) is 24.4 Å². The maximum Gasteiger partial charge on any atom is 0.416 e. The molecule has 2 aliphatic rings. The van der Waals surface area contributed by atoms with Crippen molar-refractivity contribution in [2.75, 3.05) is 12.1 Å². The highest BCUT2D eigenvalue weighted by Gasteiger charge is 2.35. The van der Waals surface area contributed by atoms with Crippen LogP contribution in [0.5, 0.6) is 11.5 Å². The van der Waals surface area contributed by atoms with Crippen LogP contribution in [0.2, 0.25) is 0 Å². The van der Waals surface area contributed by atoms with Gasteiger partial charge >= 0.3 is 6.18 Å². The van der Waals surface area contributed by atoms with Crippen molar-refractivity contribution in [1.29, 1.82) is 0 Å². The molecule has 0 radical (unpaired) electrons. The van der Waals surface area contributed by atoms with Gasteiger partial charge in [0.05, 0.1) is 11.1 Å². The van der Waals surface area contributed by atoms with E-state index in [2.05, 4.69) is 10.6 Å². The van der Waals surface area contributed by atoms with Crippen molar-refractivity contribution in [3.63, 3.8) is 0 Å². The first-order chi connectivity index (χ1) is 15.5. The highest BCUT2D eigenvalue weighted by molar-refractivity contribution is 7.81. The number of nitrogens with one attached hydrogen (secondary N) is 2. The van der Waals surface area contributed by atoms with Crippen LogP contribution in [0.1, 0.15) is 37.8 Å². The number of rotatable bonds is 5. The Morgan fingerprint density at radius 1 is 1.06 bits per heavy atom.